The van der Waals surface area contributed by atoms with Crippen LogP contribution in [0.15, 0.2) is 46.9 Å². The minimum Gasteiger partial charge on any atom is -0.475 e. The molecule has 1 aromatic carbocycles. The number of rotatable bonds is 3. The molecule has 108 valence electrons. The van der Waals surface area contributed by atoms with Crippen LogP contribution in [-0.2, 0) is 0 Å². The zero-order valence-electron chi connectivity index (χ0n) is 11.5. The smallest absolute Gasteiger partial charge is 0.371 e. The summed E-state index contributed by atoms with van der Waals surface area (Å²) in [5.74, 6) is -1.23. The quantitative estimate of drug-likeness (QED) is 0.941. The number of carboxylic acid groups (broad SMARTS) is 1. The van der Waals surface area contributed by atoms with Crippen molar-refractivity contribution in [3.63, 3.8) is 0 Å². The lowest BCUT2D eigenvalue weighted by atomic mass is 9.84. The minimum atomic E-state index is -1.18. The first-order chi connectivity index (χ1) is 10.1. The molecule has 21 heavy (non-hydrogen) atoms. The van der Waals surface area contributed by atoms with Crippen molar-refractivity contribution in [1.82, 2.24) is 4.90 Å². The molecule has 5 nitrogen and oxygen atoms in total. The van der Waals surface area contributed by atoms with Crippen molar-refractivity contribution >= 4 is 11.9 Å². The molecule has 2 atom stereocenters. The van der Waals surface area contributed by atoms with Crippen molar-refractivity contribution in [2.24, 2.45) is 5.92 Å². The maximum absolute atomic E-state index is 12.4. The molecule has 1 saturated heterocycles. The molecule has 0 saturated carbocycles. The molecule has 0 radical (unpaired) electrons. The van der Waals surface area contributed by atoms with E-state index in [4.69, 9.17) is 9.52 Å². The Labute approximate surface area is 121 Å². The van der Waals surface area contributed by atoms with Gasteiger partial charge in [-0.25, -0.2) is 4.79 Å². The highest BCUT2D eigenvalue weighted by Gasteiger charge is 2.41. The van der Waals surface area contributed by atoms with Gasteiger partial charge in [0.1, 0.15) is 0 Å². The normalized spacial score (nSPS) is 20.9. The van der Waals surface area contributed by atoms with Crippen LogP contribution in [0.5, 0.6) is 0 Å². The number of hydrogen-bond acceptors (Lipinski definition) is 3. The second-order valence-electron chi connectivity index (χ2n) is 5.26. The second-order valence-corrected chi connectivity index (χ2v) is 5.26. The van der Waals surface area contributed by atoms with E-state index in [2.05, 4.69) is 6.92 Å². The third-order valence-corrected chi connectivity index (χ3v) is 3.79. The molecular weight excluding hydrogens is 270 g/mol. The third kappa shape index (κ3) is 2.31. The first kappa shape index (κ1) is 13.4. The molecule has 1 fully saturated rings. The number of amides is 1. The van der Waals surface area contributed by atoms with E-state index in [1.165, 1.54) is 12.1 Å². The van der Waals surface area contributed by atoms with Gasteiger partial charge in [0.15, 0.2) is 5.76 Å². The van der Waals surface area contributed by atoms with Crippen LogP contribution in [0.1, 0.15) is 39.6 Å². The number of carbonyl (C=O) groups is 2. The number of carboxylic acids is 1. The van der Waals surface area contributed by atoms with Gasteiger partial charge < -0.3 is 14.4 Å². The van der Waals surface area contributed by atoms with Gasteiger partial charge in [-0.3, -0.25) is 4.79 Å². The predicted octanol–water partition coefficient (Wildman–Crippen LogP) is 2.81. The standard InChI is InChI=1S/C16H15NO4/c1-10-9-17(14(10)11-5-3-2-4-6-11)15(18)12-7-8-13(21-12)16(19)20/h2-8,10,14H,9H2,1H3,(H,19,20). The molecule has 1 N–H and O–H groups in total. The number of likely N-dealkylation sites (tertiary alicyclic amines) is 1. The summed E-state index contributed by atoms with van der Waals surface area (Å²) in [5.41, 5.74) is 1.08. The fourth-order valence-corrected chi connectivity index (χ4v) is 2.77. The van der Waals surface area contributed by atoms with E-state index in [0.717, 1.165) is 5.56 Å². The van der Waals surface area contributed by atoms with Gasteiger partial charge in [0.25, 0.3) is 5.91 Å². The fraction of sp³-hybridized carbons (Fsp3) is 0.250. The Kier molecular flexibility index (Phi) is 3.25. The van der Waals surface area contributed by atoms with Gasteiger partial charge >= 0.3 is 5.97 Å². The Balaban J connectivity index is 1.83. The molecule has 1 aliphatic rings. The lowest BCUT2D eigenvalue weighted by Crippen LogP contribution is -2.51. The van der Waals surface area contributed by atoms with Crippen LogP contribution in [0, 0.1) is 5.92 Å². The number of aromatic carboxylic acids is 1. The maximum atomic E-state index is 12.4. The zero-order chi connectivity index (χ0) is 15.0. The molecule has 2 aromatic rings. The molecule has 5 heteroatoms. The van der Waals surface area contributed by atoms with E-state index in [9.17, 15) is 9.59 Å². The van der Waals surface area contributed by atoms with E-state index in [1.807, 2.05) is 30.3 Å². The predicted molar refractivity (Wildman–Crippen MR) is 75.1 cm³/mol. The Hall–Kier alpha value is -2.56. The molecule has 0 aliphatic carbocycles. The fourth-order valence-electron chi connectivity index (χ4n) is 2.77. The first-order valence-electron chi connectivity index (χ1n) is 6.77. The van der Waals surface area contributed by atoms with Crippen LogP contribution < -0.4 is 0 Å². The topological polar surface area (TPSA) is 70.8 Å². The van der Waals surface area contributed by atoms with Crippen molar-refractivity contribution in [3.8, 4) is 0 Å². The van der Waals surface area contributed by atoms with E-state index in [-0.39, 0.29) is 23.5 Å². The summed E-state index contributed by atoms with van der Waals surface area (Å²) in [7, 11) is 0. The summed E-state index contributed by atoms with van der Waals surface area (Å²) >= 11 is 0. The second kappa shape index (κ2) is 5.09. The molecule has 3 rings (SSSR count). The largest absolute Gasteiger partial charge is 0.475 e. The monoisotopic (exact) mass is 285 g/mol. The van der Waals surface area contributed by atoms with Gasteiger partial charge in [0.05, 0.1) is 6.04 Å². The van der Waals surface area contributed by atoms with Crippen LogP contribution in [-0.4, -0.2) is 28.4 Å². The van der Waals surface area contributed by atoms with Gasteiger partial charge in [-0.05, 0) is 23.6 Å². The summed E-state index contributed by atoms with van der Waals surface area (Å²) in [4.78, 5) is 25.0. The first-order valence-corrected chi connectivity index (χ1v) is 6.77. The molecule has 1 amide bonds. The van der Waals surface area contributed by atoms with Crippen LogP contribution in [0.4, 0.5) is 0 Å². The highest BCUT2D eigenvalue weighted by molar-refractivity contribution is 5.94. The maximum Gasteiger partial charge on any atom is 0.371 e. The number of benzene rings is 1. The Morgan fingerprint density at radius 3 is 2.38 bits per heavy atom. The van der Waals surface area contributed by atoms with Crippen molar-refractivity contribution in [2.45, 2.75) is 13.0 Å². The van der Waals surface area contributed by atoms with Gasteiger partial charge in [0, 0.05) is 6.54 Å². The Morgan fingerprint density at radius 2 is 1.81 bits per heavy atom. The van der Waals surface area contributed by atoms with E-state index in [0.29, 0.717) is 12.5 Å². The van der Waals surface area contributed by atoms with Gasteiger partial charge in [-0.2, -0.15) is 0 Å². The third-order valence-electron chi connectivity index (χ3n) is 3.79. The molecule has 0 bridgehead atoms. The van der Waals surface area contributed by atoms with Crippen LogP contribution in [0.25, 0.3) is 0 Å². The Morgan fingerprint density at radius 1 is 1.14 bits per heavy atom. The minimum absolute atomic E-state index is 0.0112. The number of hydrogen-bond donors (Lipinski definition) is 1. The van der Waals surface area contributed by atoms with E-state index >= 15 is 0 Å². The molecule has 1 aliphatic heterocycles. The summed E-state index contributed by atoms with van der Waals surface area (Å²) in [6.45, 7) is 2.73. The summed E-state index contributed by atoms with van der Waals surface area (Å²) in [6.07, 6.45) is 0. The summed E-state index contributed by atoms with van der Waals surface area (Å²) < 4.78 is 5.09. The van der Waals surface area contributed by atoms with Gasteiger partial charge in [-0.1, -0.05) is 37.3 Å². The van der Waals surface area contributed by atoms with Crippen molar-refractivity contribution < 1.29 is 19.1 Å². The number of carbonyl (C=O) groups excluding carboxylic acids is 1. The number of furan rings is 1. The van der Waals surface area contributed by atoms with Gasteiger partial charge in [0.2, 0.25) is 5.76 Å². The van der Waals surface area contributed by atoms with Crippen molar-refractivity contribution in [3.05, 3.63) is 59.5 Å². The summed E-state index contributed by atoms with van der Waals surface area (Å²) in [5, 5.41) is 8.84. The molecular formula is C16H15NO4. The average molecular weight is 285 g/mol. The lowest BCUT2D eigenvalue weighted by Gasteiger charge is -2.46. The summed E-state index contributed by atoms with van der Waals surface area (Å²) in [6, 6.07) is 12.5. The van der Waals surface area contributed by atoms with Crippen LogP contribution >= 0.6 is 0 Å². The number of nitrogens with zero attached hydrogens (tertiary/aromatic N) is 1. The Bertz CT molecular complexity index is 677. The highest BCUT2D eigenvalue weighted by atomic mass is 16.4. The van der Waals surface area contributed by atoms with Crippen molar-refractivity contribution in [2.75, 3.05) is 6.54 Å². The zero-order valence-corrected chi connectivity index (χ0v) is 11.5. The SMILES string of the molecule is CC1CN(C(=O)c2ccc(C(=O)O)o2)C1c1ccccc1. The van der Waals surface area contributed by atoms with Gasteiger partial charge in [-0.15, -0.1) is 0 Å². The molecule has 0 spiro atoms. The molecule has 2 heterocycles. The van der Waals surface area contributed by atoms with Crippen LogP contribution in [0.3, 0.4) is 0 Å². The molecule has 2 unspecified atom stereocenters. The highest BCUT2D eigenvalue weighted by Crippen LogP contribution is 2.39. The van der Waals surface area contributed by atoms with E-state index < -0.39 is 5.97 Å². The lowest BCUT2D eigenvalue weighted by molar-refractivity contribution is 0.0167. The molecule has 1 aromatic heterocycles. The van der Waals surface area contributed by atoms with Crippen LogP contribution in [0.2, 0.25) is 0 Å². The van der Waals surface area contributed by atoms with Crippen molar-refractivity contribution in [1.29, 1.82) is 0 Å². The average Bonchev–Trinajstić information content (AvgIpc) is 2.95. The van der Waals surface area contributed by atoms with E-state index in [1.54, 1.807) is 4.90 Å².